The molecule has 2 atom stereocenters. The minimum Gasteiger partial charge on any atom is -0.338 e. The lowest BCUT2D eigenvalue weighted by molar-refractivity contribution is -0.133. The summed E-state index contributed by atoms with van der Waals surface area (Å²) in [6, 6.07) is 7.89. The van der Waals surface area contributed by atoms with E-state index in [4.69, 9.17) is 0 Å². The first-order valence-electron chi connectivity index (χ1n) is 9.99. The Balaban J connectivity index is 1.52. The standard InChI is InChI=1S/C21H31N3O2/c1-16(18-7-5-10-22-14-18)12-20(25)23-19-8-4-6-17(13-19)15-24-11-3-2-9-21(24)26/h4,6,8,13,16,18,22H,2-3,5,7,9-12,14-15H2,1H3,(H,23,25). The highest BCUT2D eigenvalue weighted by atomic mass is 16.2. The summed E-state index contributed by atoms with van der Waals surface area (Å²) in [6.07, 6.45) is 5.70. The fraction of sp³-hybridized carbons (Fsp3) is 0.619. The third-order valence-corrected chi connectivity index (χ3v) is 5.65. The van der Waals surface area contributed by atoms with E-state index in [2.05, 4.69) is 17.6 Å². The van der Waals surface area contributed by atoms with Crippen LogP contribution in [0.4, 0.5) is 5.69 Å². The third kappa shape index (κ3) is 5.31. The molecule has 2 saturated heterocycles. The zero-order chi connectivity index (χ0) is 18.4. The maximum Gasteiger partial charge on any atom is 0.224 e. The molecule has 2 aliphatic heterocycles. The molecule has 142 valence electrons. The first kappa shape index (κ1) is 18.9. The second-order valence-corrected chi connectivity index (χ2v) is 7.81. The lowest BCUT2D eigenvalue weighted by Gasteiger charge is -2.28. The van der Waals surface area contributed by atoms with Gasteiger partial charge >= 0.3 is 0 Å². The molecular formula is C21H31N3O2. The molecule has 1 aromatic carbocycles. The second kappa shape index (κ2) is 9.17. The van der Waals surface area contributed by atoms with E-state index >= 15 is 0 Å². The molecule has 2 amide bonds. The van der Waals surface area contributed by atoms with Crippen molar-refractivity contribution < 1.29 is 9.59 Å². The van der Waals surface area contributed by atoms with Crippen LogP contribution in [0.3, 0.4) is 0 Å². The van der Waals surface area contributed by atoms with Crippen LogP contribution >= 0.6 is 0 Å². The van der Waals surface area contributed by atoms with E-state index in [9.17, 15) is 9.59 Å². The summed E-state index contributed by atoms with van der Waals surface area (Å²) < 4.78 is 0. The molecule has 26 heavy (non-hydrogen) atoms. The van der Waals surface area contributed by atoms with Gasteiger partial charge in [-0.05, 0) is 68.3 Å². The van der Waals surface area contributed by atoms with E-state index in [0.717, 1.165) is 43.7 Å². The van der Waals surface area contributed by atoms with Crippen molar-refractivity contribution in [1.82, 2.24) is 10.2 Å². The molecule has 2 heterocycles. The number of anilines is 1. The number of hydrogen-bond acceptors (Lipinski definition) is 3. The zero-order valence-electron chi connectivity index (χ0n) is 15.8. The van der Waals surface area contributed by atoms with Crippen molar-refractivity contribution in [3.8, 4) is 0 Å². The van der Waals surface area contributed by atoms with Crippen LogP contribution in [0, 0.1) is 11.8 Å². The fourth-order valence-electron chi connectivity index (χ4n) is 4.03. The highest BCUT2D eigenvalue weighted by Gasteiger charge is 2.22. The molecule has 2 fully saturated rings. The van der Waals surface area contributed by atoms with Crippen molar-refractivity contribution in [2.45, 2.75) is 52.0 Å². The van der Waals surface area contributed by atoms with Crippen LogP contribution in [0.25, 0.3) is 0 Å². The number of carbonyl (C=O) groups is 2. The smallest absolute Gasteiger partial charge is 0.224 e. The zero-order valence-corrected chi connectivity index (χ0v) is 15.8. The molecule has 1 aromatic rings. The van der Waals surface area contributed by atoms with Crippen LogP contribution in [-0.4, -0.2) is 36.3 Å². The summed E-state index contributed by atoms with van der Waals surface area (Å²) in [4.78, 5) is 26.3. The Morgan fingerprint density at radius 1 is 1.35 bits per heavy atom. The number of benzene rings is 1. The number of nitrogens with one attached hydrogen (secondary N) is 2. The van der Waals surface area contributed by atoms with Crippen LogP contribution in [0.15, 0.2) is 24.3 Å². The predicted molar refractivity (Wildman–Crippen MR) is 104 cm³/mol. The van der Waals surface area contributed by atoms with E-state index < -0.39 is 0 Å². The van der Waals surface area contributed by atoms with E-state index in [-0.39, 0.29) is 11.8 Å². The molecule has 5 heteroatoms. The summed E-state index contributed by atoms with van der Waals surface area (Å²) in [6.45, 7) is 5.76. The number of amides is 2. The molecule has 0 radical (unpaired) electrons. The van der Waals surface area contributed by atoms with Crippen LogP contribution < -0.4 is 10.6 Å². The fourth-order valence-corrected chi connectivity index (χ4v) is 4.03. The Hall–Kier alpha value is -1.88. The largest absolute Gasteiger partial charge is 0.338 e. The average molecular weight is 357 g/mol. The van der Waals surface area contributed by atoms with Gasteiger partial charge in [-0.25, -0.2) is 0 Å². The Morgan fingerprint density at radius 2 is 2.23 bits per heavy atom. The van der Waals surface area contributed by atoms with Gasteiger partial charge in [-0.15, -0.1) is 0 Å². The topological polar surface area (TPSA) is 61.4 Å². The molecule has 2 aliphatic rings. The first-order chi connectivity index (χ1) is 12.6. The number of piperidine rings is 2. The van der Waals surface area contributed by atoms with Crippen molar-refractivity contribution in [3.05, 3.63) is 29.8 Å². The van der Waals surface area contributed by atoms with Crippen molar-refractivity contribution in [2.75, 3.05) is 25.0 Å². The maximum absolute atomic E-state index is 12.4. The third-order valence-electron chi connectivity index (χ3n) is 5.65. The van der Waals surface area contributed by atoms with Gasteiger partial charge in [0.2, 0.25) is 11.8 Å². The molecule has 2 unspecified atom stereocenters. The van der Waals surface area contributed by atoms with Gasteiger partial charge in [0.25, 0.3) is 0 Å². The van der Waals surface area contributed by atoms with E-state index in [1.807, 2.05) is 29.2 Å². The monoisotopic (exact) mass is 357 g/mol. The number of rotatable bonds is 6. The summed E-state index contributed by atoms with van der Waals surface area (Å²) in [5, 5.41) is 6.46. The highest BCUT2D eigenvalue weighted by molar-refractivity contribution is 5.90. The molecule has 0 bridgehead atoms. The number of hydrogen-bond donors (Lipinski definition) is 2. The Bertz CT molecular complexity index is 625. The molecule has 0 aromatic heterocycles. The Morgan fingerprint density at radius 3 is 3.00 bits per heavy atom. The van der Waals surface area contributed by atoms with Gasteiger partial charge in [0.05, 0.1) is 0 Å². The number of nitrogens with zero attached hydrogens (tertiary/aromatic N) is 1. The molecular weight excluding hydrogens is 326 g/mol. The SMILES string of the molecule is CC(CC(=O)Nc1cccc(CN2CCCCC2=O)c1)C1CCCNC1. The molecule has 2 N–H and O–H groups in total. The second-order valence-electron chi connectivity index (χ2n) is 7.81. The van der Waals surface area contributed by atoms with Crippen molar-refractivity contribution in [3.63, 3.8) is 0 Å². The highest BCUT2D eigenvalue weighted by Crippen LogP contribution is 2.23. The number of carbonyl (C=O) groups excluding carboxylic acids is 2. The normalized spacial score (nSPS) is 22.1. The van der Waals surface area contributed by atoms with Crippen LogP contribution in [-0.2, 0) is 16.1 Å². The maximum atomic E-state index is 12.4. The van der Waals surface area contributed by atoms with Crippen LogP contribution in [0.5, 0.6) is 0 Å². The summed E-state index contributed by atoms with van der Waals surface area (Å²) in [5.41, 5.74) is 1.90. The molecule has 0 saturated carbocycles. The lowest BCUT2D eigenvalue weighted by atomic mass is 9.85. The first-order valence-corrected chi connectivity index (χ1v) is 9.99. The molecule has 0 spiro atoms. The summed E-state index contributed by atoms with van der Waals surface area (Å²) in [5.74, 6) is 1.29. The van der Waals surface area contributed by atoms with Crippen molar-refractivity contribution in [1.29, 1.82) is 0 Å². The Kier molecular flexibility index (Phi) is 6.67. The van der Waals surface area contributed by atoms with Crippen molar-refractivity contribution in [2.24, 2.45) is 11.8 Å². The van der Waals surface area contributed by atoms with Gasteiger partial charge in [-0.2, -0.15) is 0 Å². The van der Waals surface area contributed by atoms with E-state index in [1.165, 1.54) is 12.8 Å². The van der Waals surface area contributed by atoms with Gasteiger partial charge in [0.15, 0.2) is 0 Å². The van der Waals surface area contributed by atoms with Crippen LogP contribution in [0.2, 0.25) is 0 Å². The van der Waals surface area contributed by atoms with Gasteiger partial charge in [-0.3, -0.25) is 9.59 Å². The predicted octanol–water partition coefficient (Wildman–Crippen LogP) is 3.16. The number of likely N-dealkylation sites (tertiary alicyclic amines) is 1. The minimum atomic E-state index is 0.0780. The summed E-state index contributed by atoms with van der Waals surface area (Å²) in [7, 11) is 0. The molecule has 0 aliphatic carbocycles. The van der Waals surface area contributed by atoms with Crippen molar-refractivity contribution >= 4 is 17.5 Å². The lowest BCUT2D eigenvalue weighted by Crippen LogP contribution is -2.34. The van der Waals surface area contributed by atoms with E-state index in [0.29, 0.717) is 31.2 Å². The molecule has 3 rings (SSSR count). The van der Waals surface area contributed by atoms with E-state index in [1.54, 1.807) is 0 Å². The van der Waals surface area contributed by atoms with Gasteiger partial charge < -0.3 is 15.5 Å². The molecule has 5 nitrogen and oxygen atoms in total. The Labute approximate surface area is 156 Å². The van der Waals surface area contributed by atoms with Gasteiger partial charge in [0.1, 0.15) is 0 Å². The average Bonchev–Trinajstić information content (AvgIpc) is 2.64. The van der Waals surface area contributed by atoms with Gasteiger partial charge in [0, 0.05) is 31.6 Å². The van der Waals surface area contributed by atoms with Gasteiger partial charge in [-0.1, -0.05) is 19.1 Å². The quantitative estimate of drug-likeness (QED) is 0.822. The summed E-state index contributed by atoms with van der Waals surface area (Å²) >= 11 is 0. The van der Waals surface area contributed by atoms with Crippen LogP contribution in [0.1, 0.15) is 51.0 Å². The minimum absolute atomic E-state index is 0.0780.